The zero-order chi connectivity index (χ0) is 11.1. The van der Waals surface area contributed by atoms with Crippen molar-refractivity contribution in [2.75, 3.05) is 0 Å². The molecule has 0 saturated heterocycles. The number of aromatic nitrogens is 2. The molecular formula is C12H9ClN2S. The summed E-state index contributed by atoms with van der Waals surface area (Å²) in [6.07, 6.45) is 3.78. The zero-order valence-corrected chi connectivity index (χ0v) is 10.2. The molecule has 16 heavy (non-hydrogen) atoms. The highest BCUT2D eigenvalue weighted by Gasteiger charge is 2.07. The quantitative estimate of drug-likeness (QED) is 0.685. The van der Waals surface area contributed by atoms with E-state index in [2.05, 4.69) is 22.1 Å². The van der Waals surface area contributed by atoms with Gasteiger partial charge in [-0.25, -0.2) is 0 Å². The molecule has 2 nitrogen and oxygen atoms in total. The molecule has 0 aliphatic carbocycles. The topological polar surface area (TPSA) is 28.7 Å². The largest absolute Gasteiger partial charge is 0.360 e. The van der Waals surface area contributed by atoms with Crippen molar-refractivity contribution >= 4 is 34.0 Å². The van der Waals surface area contributed by atoms with Crippen molar-refractivity contribution in [3.63, 3.8) is 0 Å². The van der Waals surface area contributed by atoms with Crippen molar-refractivity contribution < 1.29 is 0 Å². The van der Waals surface area contributed by atoms with E-state index in [0.29, 0.717) is 0 Å². The van der Waals surface area contributed by atoms with Gasteiger partial charge in [-0.1, -0.05) is 11.6 Å². The molecule has 0 unspecified atom stereocenters. The molecule has 3 aromatic rings. The van der Waals surface area contributed by atoms with Crippen LogP contribution in [-0.4, -0.2) is 9.97 Å². The average Bonchev–Trinajstić information content (AvgIpc) is 2.85. The number of thiophene rings is 1. The van der Waals surface area contributed by atoms with Crippen LogP contribution in [0.25, 0.3) is 21.5 Å². The van der Waals surface area contributed by atoms with Gasteiger partial charge in [0.15, 0.2) is 0 Å². The van der Waals surface area contributed by atoms with Gasteiger partial charge in [-0.05, 0) is 30.7 Å². The number of hydrogen-bond acceptors (Lipinski definition) is 2. The monoisotopic (exact) mass is 248 g/mol. The SMILES string of the molecule is Cc1cc(-c2cnc3cc[nH]c3c2)sc1Cl. The van der Waals surface area contributed by atoms with Crippen molar-refractivity contribution in [3.05, 3.63) is 40.5 Å². The van der Waals surface area contributed by atoms with Crippen LogP contribution in [0.4, 0.5) is 0 Å². The van der Waals surface area contributed by atoms with Crippen molar-refractivity contribution in [1.82, 2.24) is 9.97 Å². The Balaban J connectivity index is 2.17. The number of rotatable bonds is 1. The maximum absolute atomic E-state index is 6.07. The van der Waals surface area contributed by atoms with Gasteiger partial charge in [0.05, 0.1) is 15.4 Å². The fourth-order valence-corrected chi connectivity index (χ4v) is 2.85. The number of aromatic amines is 1. The summed E-state index contributed by atoms with van der Waals surface area (Å²) in [5.74, 6) is 0. The van der Waals surface area contributed by atoms with E-state index in [0.717, 1.165) is 31.4 Å². The van der Waals surface area contributed by atoms with Crippen molar-refractivity contribution in [2.24, 2.45) is 0 Å². The molecule has 3 rings (SSSR count). The Hall–Kier alpha value is -1.32. The number of nitrogens with one attached hydrogen (secondary N) is 1. The van der Waals surface area contributed by atoms with Crippen molar-refractivity contribution in [2.45, 2.75) is 6.92 Å². The first-order chi connectivity index (χ1) is 7.74. The van der Waals surface area contributed by atoms with Gasteiger partial charge in [0, 0.05) is 22.8 Å². The van der Waals surface area contributed by atoms with E-state index in [1.54, 1.807) is 11.3 Å². The predicted octanol–water partition coefficient (Wildman–Crippen LogP) is 4.25. The molecule has 0 radical (unpaired) electrons. The summed E-state index contributed by atoms with van der Waals surface area (Å²) in [4.78, 5) is 8.71. The van der Waals surface area contributed by atoms with Crippen LogP contribution in [0.3, 0.4) is 0 Å². The molecule has 0 aliphatic rings. The molecule has 0 aliphatic heterocycles. The third kappa shape index (κ3) is 1.52. The molecule has 1 N–H and O–H groups in total. The lowest BCUT2D eigenvalue weighted by atomic mass is 10.2. The van der Waals surface area contributed by atoms with Gasteiger partial charge >= 0.3 is 0 Å². The first kappa shape index (κ1) is 9.87. The van der Waals surface area contributed by atoms with Gasteiger partial charge in [-0.3, -0.25) is 4.98 Å². The summed E-state index contributed by atoms with van der Waals surface area (Å²) < 4.78 is 0.849. The molecule has 0 saturated carbocycles. The van der Waals surface area contributed by atoms with Gasteiger partial charge in [0.2, 0.25) is 0 Å². The molecular weight excluding hydrogens is 240 g/mol. The molecule has 4 heteroatoms. The number of nitrogens with zero attached hydrogens (tertiary/aromatic N) is 1. The summed E-state index contributed by atoms with van der Waals surface area (Å²) >= 11 is 7.66. The second-order valence-corrected chi connectivity index (χ2v) is 5.36. The minimum Gasteiger partial charge on any atom is -0.360 e. The molecule has 0 spiro atoms. The number of aryl methyl sites for hydroxylation is 1. The lowest BCUT2D eigenvalue weighted by molar-refractivity contribution is 1.41. The molecule has 0 aromatic carbocycles. The normalized spacial score (nSPS) is 11.1. The van der Waals surface area contributed by atoms with Crippen LogP contribution >= 0.6 is 22.9 Å². The number of fused-ring (bicyclic) bond motifs is 1. The first-order valence-corrected chi connectivity index (χ1v) is 6.13. The van der Waals surface area contributed by atoms with Gasteiger partial charge in [-0.2, -0.15) is 0 Å². The first-order valence-electron chi connectivity index (χ1n) is 4.93. The Bertz CT molecular complexity index is 634. The standard InChI is InChI=1S/C12H9ClN2S/c1-7-4-11(16-12(7)13)8-5-10-9(15-6-8)2-3-14-10/h2-6,14H,1H3. The summed E-state index contributed by atoms with van der Waals surface area (Å²) in [6, 6.07) is 6.16. The second-order valence-electron chi connectivity index (χ2n) is 3.70. The summed E-state index contributed by atoms with van der Waals surface area (Å²) in [5.41, 5.74) is 4.27. The molecule has 0 bridgehead atoms. The number of hydrogen-bond donors (Lipinski definition) is 1. The Labute approximate surface area is 102 Å². The van der Waals surface area contributed by atoms with E-state index in [-0.39, 0.29) is 0 Å². The molecule has 0 atom stereocenters. The predicted molar refractivity (Wildman–Crippen MR) is 69.2 cm³/mol. The molecule has 0 fully saturated rings. The van der Waals surface area contributed by atoms with Crippen LogP contribution < -0.4 is 0 Å². The zero-order valence-electron chi connectivity index (χ0n) is 8.62. The average molecular weight is 249 g/mol. The van der Waals surface area contributed by atoms with E-state index in [1.165, 1.54) is 0 Å². The summed E-state index contributed by atoms with van der Waals surface area (Å²) in [6.45, 7) is 2.02. The lowest BCUT2D eigenvalue weighted by Crippen LogP contribution is -1.77. The summed E-state index contributed by atoms with van der Waals surface area (Å²) in [7, 11) is 0. The van der Waals surface area contributed by atoms with E-state index < -0.39 is 0 Å². The molecule has 0 amide bonds. The third-order valence-electron chi connectivity index (χ3n) is 2.54. The van der Waals surface area contributed by atoms with Gasteiger partial charge in [0.25, 0.3) is 0 Å². The minimum absolute atomic E-state index is 0.849. The van der Waals surface area contributed by atoms with Gasteiger partial charge < -0.3 is 4.98 Å². The van der Waals surface area contributed by atoms with Gasteiger partial charge in [0.1, 0.15) is 0 Å². The van der Waals surface area contributed by atoms with E-state index in [1.807, 2.05) is 25.4 Å². The highest BCUT2D eigenvalue weighted by molar-refractivity contribution is 7.19. The smallest absolute Gasteiger partial charge is 0.0963 e. The highest BCUT2D eigenvalue weighted by Crippen LogP contribution is 2.34. The second kappa shape index (κ2) is 3.61. The maximum atomic E-state index is 6.07. The highest BCUT2D eigenvalue weighted by atomic mass is 35.5. The Morgan fingerprint density at radius 1 is 1.38 bits per heavy atom. The van der Waals surface area contributed by atoms with Crippen molar-refractivity contribution in [3.8, 4) is 10.4 Å². The van der Waals surface area contributed by atoms with Gasteiger partial charge in [-0.15, -0.1) is 11.3 Å². The molecule has 80 valence electrons. The fraction of sp³-hybridized carbons (Fsp3) is 0.0833. The fourth-order valence-electron chi connectivity index (χ4n) is 1.67. The van der Waals surface area contributed by atoms with Crippen LogP contribution in [0.2, 0.25) is 4.34 Å². The van der Waals surface area contributed by atoms with Crippen LogP contribution in [0.5, 0.6) is 0 Å². The Morgan fingerprint density at radius 3 is 3.00 bits per heavy atom. The Morgan fingerprint density at radius 2 is 2.25 bits per heavy atom. The number of pyridine rings is 1. The van der Waals surface area contributed by atoms with Crippen LogP contribution in [0, 0.1) is 6.92 Å². The maximum Gasteiger partial charge on any atom is 0.0963 e. The molecule has 3 aromatic heterocycles. The molecule has 3 heterocycles. The lowest BCUT2D eigenvalue weighted by Gasteiger charge is -1.96. The third-order valence-corrected chi connectivity index (χ3v) is 4.14. The van der Waals surface area contributed by atoms with Crippen molar-refractivity contribution in [1.29, 1.82) is 0 Å². The summed E-state index contributed by atoms with van der Waals surface area (Å²) in [5, 5.41) is 0. The minimum atomic E-state index is 0.849. The van der Waals surface area contributed by atoms with Crippen LogP contribution in [-0.2, 0) is 0 Å². The van der Waals surface area contributed by atoms with Crippen LogP contribution in [0.15, 0.2) is 30.6 Å². The van der Waals surface area contributed by atoms with E-state index in [9.17, 15) is 0 Å². The number of halogens is 1. The van der Waals surface area contributed by atoms with E-state index in [4.69, 9.17) is 11.6 Å². The van der Waals surface area contributed by atoms with Crippen LogP contribution in [0.1, 0.15) is 5.56 Å². The Kier molecular flexibility index (Phi) is 2.23. The van der Waals surface area contributed by atoms with E-state index >= 15 is 0 Å². The number of H-pyrrole nitrogens is 1.